The first-order chi connectivity index (χ1) is 8.28. The van der Waals surface area contributed by atoms with Gasteiger partial charge in [-0.05, 0) is 17.5 Å². The summed E-state index contributed by atoms with van der Waals surface area (Å²) in [6.45, 7) is 6.19. The normalized spacial score (nSPS) is 11.1. The largest absolute Gasteiger partial charge is 0.478 e. The van der Waals surface area contributed by atoms with Crippen LogP contribution in [0.1, 0.15) is 43.2 Å². The lowest BCUT2D eigenvalue weighted by Crippen LogP contribution is -2.27. The van der Waals surface area contributed by atoms with Gasteiger partial charge in [-0.1, -0.05) is 20.8 Å². The van der Waals surface area contributed by atoms with Gasteiger partial charge in [0.2, 0.25) is 5.91 Å². The maximum Gasteiger partial charge on any atom is 0.335 e. The van der Waals surface area contributed by atoms with Crippen molar-refractivity contribution in [3.05, 3.63) is 29.6 Å². The van der Waals surface area contributed by atoms with Gasteiger partial charge in [-0.25, -0.2) is 4.79 Å². The lowest BCUT2D eigenvalue weighted by molar-refractivity contribution is -0.123. The Kier molecular flexibility index (Phi) is 4.42. The predicted molar refractivity (Wildman–Crippen MR) is 67.1 cm³/mol. The molecular formula is C13H18N2O3. The fourth-order valence-electron chi connectivity index (χ4n) is 1.44. The first kappa shape index (κ1) is 14.2. The third kappa shape index (κ3) is 4.95. The minimum Gasteiger partial charge on any atom is -0.478 e. The number of aromatic nitrogens is 1. The average molecular weight is 250 g/mol. The van der Waals surface area contributed by atoms with Gasteiger partial charge in [-0.3, -0.25) is 9.78 Å². The minimum atomic E-state index is -1.00. The fourth-order valence-corrected chi connectivity index (χ4v) is 1.44. The van der Waals surface area contributed by atoms with Crippen LogP contribution in [0.4, 0.5) is 0 Å². The highest BCUT2D eigenvalue weighted by Crippen LogP contribution is 2.17. The van der Waals surface area contributed by atoms with Crippen LogP contribution in [0.25, 0.3) is 0 Å². The van der Waals surface area contributed by atoms with Crippen molar-refractivity contribution in [3.63, 3.8) is 0 Å². The van der Waals surface area contributed by atoms with E-state index in [4.69, 9.17) is 5.11 Å². The second kappa shape index (κ2) is 5.62. The van der Waals surface area contributed by atoms with Crippen LogP contribution in [0.15, 0.2) is 18.3 Å². The third-order valence-corrected chi connectivity index (χ3v) is 2.22. The van der Waals surface area contributed by atoms with Gasteiger partial charge >= 0.3 is 5.97 Å². The smallest absolute Gasteiger partial charge is 0.335 e. The molecule has 0 spiro atoms. The lowest BCUT2D eigenvalue weighted by Gasteiger charge is -2.17. The molecule has 0 aliphatic carbocycles. The summed E-state index contributed by atoms with van der Waals surface area (Å²) in [5, 5.41) is 11.6. The van der Waals surface area contributed by atoms with E-state index >= 15 is 0 Å². The molecule has 0 saturated carbocycles. The number of pyridine rings is 1. The van der Waals surface area contributed by atoms with E-state index in [1.807, 2.05) is 20.8 Å². The number of nitrogens with zero attached hydrogens (tertiary/aromatic N) is 1. The van der Waals surface area contributed by atoms with Crippen molar-refractivity contribution >= 4 is 11.9 Å². The van der Waals surface area contributed by atoms with E-state index < -0.39 is 5.97 Å². The van der Waals surface area contributed by atoms with Crippen molar-refractivity contribution in [2.24, 2.45) is 5.41 Å². The summed E-state index contributed by atoms with van der Waals surface area (Å²) >= 11 is 0. The van der Waals surface area contributed by atoms with Gasteiger partial charge < -0.3 is 10.4 Å². The molecule has 0 bridgehead atoms. The van der Waals surface area contributed by atoms with Gasteiger partial charge in [0.25, 0.3) is 0 Å². The molecule has 0 aliphatic heterocycles. The number of aromatic carboxylic acids is 1. The number of hydrogen-bond donors (Lipinski definition) is 2. The molecule has 1 amide bonds. The zero-order valence-electron chi connectivity index (χ0n) is 10.9. The summed E-state index contributed by atoms with van der Waals surface area (Å²) in [7, 11) is 0. The Labute approximate surface area is 106 Å². The maximum atomic E-state index is 11.6. The van der Waals surface area contributed by atoms with Crippen molar-refractivity contribution < 1.29 is 14.7 Å². The van der Waals surface area contributed by atoms with Gasteiger partial charge in [0.05, 0.1) is 17.8 Å². The molecule has 18 heavy (non-hydrogen) atoms. The third-order valence-electron chi connectivity index (χ3n) is 2.22. The second-order valence-corrected chi connectivity index (χ2v) is 5.36. The standard InChI is InChI=1S/C13H18N2O3/c1-13(2,3)7-11(16)15-8-10-6-9(12(17)18)4-5-14-10/h4-6H,7-8H2,1-3H3,(H,15,16)(H,17,18). The average Bonchev–Trinajstić information content (AvgIpc) is 2.24. The summed E-state index contributed by atoms with van der Waals surface area (Å²) < 4.78 is 0. The van der Waals surface area contributed by atoms with Crippen molar-refractivity contribution in [1.29, 1.82) is 0 Å². The van der Waals surface area contributed by atoms with E-state index in [9.17, 15) is 9.59 Å². The Morgan fingerprint density at radius 2 is 2.06 bits per heavy atom. The molecule has 0 atom stereocenters. The van der Waals surface area contributed by atoms with Crippen LogP contribution in [-0.4, -0.2) is 22.0 Å². The molecular weight excluding hydrogens is 232 g/mol. The van der Waals surface area contributed by atoms with Crippen molar-refractivity contribution in [2.75, 3.05) is 0 Å². The van der Waals surface area contributed by atoms with E-state index in [0.717, 1.165) is 0 Å². The zero-order valence-corrected chi connectivity index (χ0v) is 10.9. The molecule has 0 radical (unpaired) electrons. The number of carboxylic acids is 1. The van der Waals surface area contributed by atoms with E-state index in [-0.39, 0.29) is 23.4 Å². The summed E-state index contributed by atoms with van der Waals surface area (Å²) in [5.41, 5.74) is 0.641. The molecule has 0 unspecified atom stereocenters. The number of amides is 1. The van der Waals surface area contributed by atoms with E-state index in [2.05, 4.69) is 10.3 Å². The van der Waals surface area contributed by atoms with Gasteiger partial charge in [-0.15, -0.1) is 0 Å². The molecule has 1 rings (SSSR count). The Bertz CT molecular complexity index is 450. The number of rotatable bonds is 4. The SMILES string of the molecule is CC(C)(C)CC(=O)NCc1cc(C(=O)O)ccn1. The first-order valence-corrected chi connectivity index (χ1v) is 5.73. The van der Waals surface area contributed by atoms with Crippen LogP contribution in [0.5, 0.6) is 0 Å². The van der Waals surface area contributed by atoms with E-state index in [1.165, 1.54) is 18.3 Å². The van der Waals surface area contributed by atoms with Crippen LogP contribution in [0, 0.1) is 5.41 Å². The zero-order chi connectivity index (χ0) is 13.8. The maximum absolute atomic E-state index is 11.6. The van der Waals surface area contributed by atoms with Gasteiger partial charge in [0, 0.05) is 12.6 Å². The van der Waals surface area contributed by atoms with Gasteiger partial charge in [-0.2, -0.15) is 0 Å². The van der Waals surface area contributed by atoms with Crippen LogP contribution in [-0.2, 0) is 11.3 Å². The second-order valence-electron chi connectivity index (χ2n) is 5.36. The van der Waals surface area contributed by atoms with E-state index in [1.54, 1.807) is 0 Å². The summed E-state index contributed by atoms with van der Waals surface area (Å²) in [6, 6.07) is 2.88. The number of nitrogens with one attached hydrogen (secondary N) is 1. The highest BCUT2D eigenvalue weighted by atomic mass is 16.4. The Hall–Kier alpha value is -1.91. The van der Waals surface area contributed by atoms with Crippen molar-refractivity contribution in [3.8, 4) is 0 Å². The van der Waals surface area contributed by atoms with Crippen LogP contribution in [0.3, 0.4) is 0 Å². The van der Waals surface area contributed by atoms with Crippen LogP contribution >= 0.6 is 0 Å². The monoisotopic (exact) mass is 250 g/mol. The molecule has 0 aliphatic rings. The number of carbonyl (C=O) groups is 2. The number of carbonyl (C=O) groups excluding carboxylic acids is 1. The van der Waals surface area contributed by atoms with Gasteiger partial charge in [0.15, 0.2) is 0 Å². The molecule has 1 aromatic heterocycles. The Balaban J connectivity index is 2.56. The number of hydrogen-bond acceptors (Lipinski definition) is 3. The first-order valence-electron chi connectivity index (χ1n) is 5.73. The molecule has 0 saturated heterocycles. The molecule has 2 N–H and O–H groups in total. The lowest BCUT2D eigenvalue weighted by atomic mass is 9.92. The molecule has 0 aromatic carbocycles. The quantitative estimate of drug-likeness (QED) is 0.854. The highest BCUT2D eigenvalue weighted by molar-refractivity contribution is 5.87. The Morgan fingerprint density at radius 3 is 2.61 bits per heavy atom. The summed E-state index contributed by atoms with van der Waals surface area (Å²) in [5.74, 6) is -1.07. The van der Waals surface area contributed by atoms with Crippen LogP contribution < -0.4 is 5.32 Å². The molecule has 1 aromatic rings. The molecule has 98 valence electrons. The summed E-state index contributed by atoms with van der Waals surface area (Å²) in [4.78, 5) is 26.4. The fraction of sp³-hybridized carbons (Fsp3) is 0.462. The van der Waals surface area contributed by atoms with Crippen molar-refractivity contribution in [1.82, 2.24) is 10.3 Å². The molecule has 5 nitrogen and oxygen atoms in total. The minimum absolute atomic E-state index is 0.0648. The van der Waals surface area contributed by atoms with E-state index in [0.29, 0.717) is 12.1 Å². The summed E-state index contributed by atoms with van der Waals surface area (Å²) in [6.07, 6.45) is 1.85. The molecule has 1 heterocycles. The number of carboxylic acid groups (broad SMARTS) is 1. The van der Waals surface area contributed by atoms with Gasteiger partial charge in [0.1, 0.15) is 0 Å². The van der Waals surface area contributed by atoms with Crippen molar-refractivity contribution in [2.45, 2.75) is 33.7 Å². The molecule has 0 fully saturated rings. The predicted octanol–water partition coefficient (Wildman–Crippen LogP) is 1.83. The molecule has 5 heteroatoms. The topological polar surface area (TPSA) is 79.3 Å². The highest BCUT2D eigenvalue weighted by Gasteiger charge is 2.15. The Morgan fingerprint density at radius 1 is 1.39 bits per heavy atom. The van der Waals surface area contributed by atoms with Crippen LogP contribution in [0.2, 0.25) is 0 Å².